The first-order valence-corrected chi connectivity index (χ1v) is 7.88. The van der Waals surface area contributed by atoms with Gasteiger partial charge in [0, 0.05) is 32.2 Å². The van der Waals surface area contributed by atoms with Crippen LogP contribution in [-0.4, -0.2) is 45.3 Å². The highest BCUT2D eigenvalue weighted by Gasteiger charge is 2.28. The number of aryl methyl sites for hydroxylation is 1. The van der Waals surface area contributed by atoms with Gasteiger partial charge in [0.05, 0.1) is 19.8 Å². The molecule has 0 aromatic heterocycles. The SMILES string of the molecule is C=C(C)C[C@@H](c1c(OC)cc(C)cc1OC)N1CCNCC1.Cl.Cl. The molecule has 1 fully saturated rings. The molecule has 1 saturated heterocycles. The van der Waals surface area contributed by atoms with Gasteiger partial charge in [0.1, 0.15) is 11.5 Å². The standard InChI is InChI=1S/C18H28N2O2.2ClH/c1-13(2)10-15(20-8-6-19-7-9-20)18-16(21-4)11-14(3)12-17(18)22-5;;/h11-12,15,19H,1,6-10H2,2-5H3;2*1H/t15-;;/m0../s1. The van der Waals surface area contributed by atoms with E-state index >= 15 is 0 Å². The fourth-order valence-electron chi connectivity index (χ4n) is 3.14. The number of ether oxygens (including phenoxy) is 2. The van der Waals surface area contributed by atoms with Gasteiger partial charge >= 0.3 is 0 Å². The molecule has 4 nitrogen and oxygen atoms in total. The van der Waals surface area contributed by atoms with E-state index in [1.165, 1.54) is 5.57 Å². The molecule has 0 radical (unpaired) electrons. The maximum absolute atomic E-state index is 5.67. The number of methoxy groups -OCH3 is 2. The predicted molar refractivity (Wildman–Crippen MR) is 105 cm³/mol. The van der Waals surface area contributed by atoms with Crippen molar-refractivity contribution >= 4 is 24.8 Å². The Kier molecular flexibility index (Phi) is 10.4. The van der Waals surface area contributed by atoms with Crippen LogP contribution in [0, 0.1) is 6.92 Å². The number of hydrogen-bond acceptors (Lipinski definition) is 4. The molecular formula is C18H30Cl2N2O2. The lowest BCUT2D eigenvalue weighted by molar-refractivity contribution is 0.166. The van der Waals surface area contributed by atoms with Gasteiger partial charge in [-0.15, -0.1) is 31.4 Å². The summed E-state index contributed by atoms with van der Waals surface area (Å²) in [5, 5.41) is 3.41. The van der Waals surface area contributed by atoms with E-state index in [4.69, 9.17) is 9.47 Å². The number of nitrogens with one attached hydrogen (secondary N) is 1. The minimum atomic E-state index is 0. The first-order valence-electron chi connectivity index (χ1n) is 7.88. The van der Waals surface area contributed by atoms with Gasteiger partial charge in [-0.1, -0.05) is 5.57 Å². The van der Waals surface area contributed by atoms with E-state index in [1.54, 1.807) is 14.2 Å². The summed E-state index contributed by atoms with van der Waals surface area (Å²) in [5.41, 5.74) is 3.46. The predicted octanol–water partition coefficient (Wildman–Crippen LogP) is 3.77. The second-order valence-corrected chi connectivity index (χ2v) is 6.05. The summed E-state index contributed by atoms with van der Waals surface area (Å²) >= 11 is 0. The van der Waals surface area contributed by atoms with Crippen molar-refractivity contribution in [3.8, 4) is 11.5 Å². The first-order chi connectivity index (χ1) is 10.6. The van der Waals surface area contributed by atoms with Gasteiger partial charge in [0.2, 0.25) is 0 Å². The topological polar surface area (TPSA) is 33.7 Å². The Balaban J connectivity index is 0.00000264. The second kappa shape index (κ2) is 10.8. The van der Waals surface area contributed by atoms with Gasteiger partial charge in [-0.05, 0) is 38.0 Å². The molecule has 0 saturated carbocycles. The molecule has 1 atom stereocenters. The zero-order valence-corrected chi connectivity index (χ0v) is 16.7. The maximum atomic E-state index is 5.67. The molecule has 0 unspecified atom stereocenters. The smallest absolute Gasteiger partial charge is 0.127 e. The Morgan fingerprint density at radius 1 is 1.17 bits per heavy atom. The van der Waals surface area contributed by atoms with Crippen molar-refractivity contribution in [2.45, 2.75) is 26.3 Å². The molecule has 1 aromatic rings. The number of hydrogen-bond donors (Lipinski definition) is 1. The van der Waals surface area contributed by atoms with Crippen LogP contribution in [0.5, 0.6) is 11.5 Å². The molecule has 0 spiro atoms. The summed E-state index contributed by atoms with van der Waals surface area (Å²) in [6.45, 7) is 12.4. The van der Waals surface area contributed by atoms with E-state index in [9.17, 15) is 0 Å². The highest BCUT2D eigenvalue weighted by molar-refractivity contribution is 5.85. The number of piperazine rings is 1. The molecule has 6 heteroatoms. The van der Waals surface area contributed by atoms with E-state index in [0.717, 1.165) is 55.2 Å². The largest absolute Gasteiger partial charge is 0.496 e. The summed E-state index contributed by atoms with van der Waals surface area (Å²) in [6.07, 6.45) is 0.912. The van der Waals surface area contributed by atoms with Crippen molar-refractivity contribution in [2.75, 3.05) is 40.4 Å². The Morgan fingerprint density at radius 2 is 1.67 bits per heavy atom. The minimum absolute atomic E-state index is 0. The molecule has 138 valence electrons. The average molecular weight is 377 g/mol. The van der Waals surface area contributed by atoms with Crippen LogP contribution in [0.3, 0.4) is 0 Å². The van der Waals surface area contributed by atoms with Gasteiger partial charge in [-0.25, -0.2) is 0 Å². The van der Waals surface area contributed by atoms with E-state index in [-0.39, 0.29) is 30.9 Å². The van der Waals surface area contributed by atoms with Crippen molar-refractivity contribution in [1.29, 1.82) is 0 Å². The summed E-state index contributed by atoms with van der Waals surface area (Å²) < 4.78 is 11.3. The van der Waals surface area contributed by atoms with Crippen LogP contribution >= 0.6 is 24.8 Å². The van der Waals surface area contributed by atoms with E-state index in [0.29, 0.717) is 0 Å². The van der Waals surface area contributed by atoms with Crippen molar-refractivity contribution in [1.82, 2.24) is 10.2 Å². The van der Waals surface area contributed by atoms with Gasteiger partial charge in [-0.2, -0.15) is 0 Å². The van der Waals surface area contributed by atoms with Gasteiger partial charge in [-0.3, -0.25) is 4.90 Å². The average Bonchev–Trinajstić information content (AvgIpc) is 2.52. The van der Waals surface area contributed by atoms with E-state index in [1.807, 2.05) is 0 Å². The van der Waals surface area contributed by atoms with Crippen LogP contribution in [0.4, 0.5) is 0 Å². The van der Waals surface area contributed by atoms with Crippen LogP contribution < -0.4 is 14.8 Å². The Labute approximate surface area is 158 Å². The molecule has 24 heavy (non-hydrogen) atoms. The summed E-state index contributed by atoms with van der Waals surface area (Å²) in [5.74, 6) is 1.81. The lowest BCUT2D eigenvalue weighted by Crippen LogP contribution is -2.45. The van der Waals surface area contributed by atoms with Gasteiger partial charge < -0.3 is 14.8 Å². The summed E-state index contributed by atoms with van der Waals surface area (Å²) in [7, 11) is 3.46. The first kappa shape index (κ1) is 23.1. The van der Waals surface area contributed by atoms with Crippen LogP contribution in [0.15, 0.2) is 24.3 Å². The number of nitrogens with zero attached hydrogens (tertiary/aromatic N) is 1. The number of halogens is 2. The van der Waals surface area contributed by atoms with Crippen molar-refractivity contribution in [3.63, 3.8) is 0 Å². The fraction of sp³-hybridized carbons (Fsp3) is 0.556. The third-order valence-electron chi connectivity index (χ3n) is 4.16. The van der Waals surface area contributed by atoms with Crippen molar-refractivity contribution < 1.29 is 9.47 Å². The maximum Gasteiger partial charge on any atom is 0.127 e. The lowest BCUT2D eigenvalue weighted by atomic mass is 9.95. The molecule has 1 aromatic carbocycles. The normalized spacial score (nSPS) is 15.7. The molecule has 2 rings (SSSR count). The zero-order valence-electron chi connectivity index (χ0n) is 15.1. The molecule has 0 amide bonds. The van der Waals surface area contributed by atoms with E-state index < -0.39 is 0 Å². The zero-order chi connectivity index (χ0) is 16.1. The highest BCUT2D eigenvalue weighted by Crippen LogP contribution is 2.41. The lowest BCUT2D eigenvalue weighted by Gasteiger charge is -2.36. The highest BCUT2D eigenvalue weighted by atomic mass is 35.5. The third kappa shape index (κ3) is 5.55. The molecule has 0 bridgehead atoms. The van der Waals surface area contributed by atoms with Crippen LogP contribution in [0.2, 0.25) is 0 Å². The van der Waals surface area contributed by atoms with Gasteiger partial charge in [0.15, 0.2) is 0 Å². The molecule has 0 aliphatic carbocycles. The quantitative estimate of drug-likeness (QED) is 0.766. The minimum Gasteiger partial charge on any atom is -0.496 e. The molecule has 1 aliphatic heterocycles. The van der Waals surface area contributed by atoms with Gasteiger partial charge in [0.25, 0.3) is 0 Å². The second-order valence-electron chi connectivity index (χ2n) is 6.05. The number of rotatable bonds is 6. The van der Waals surface area contributed by atoms with Crippen LogP contribution in [0.1, 0.15) is 30.5 Å². The van der Waals surface area contributed by atoms with Crippen LogP contribution in [-0.2, 0) is 0 Å². The summed E-state index contributed by atoms with van der Waals surface area (Å²) in [6, 6.07) is 4.42. The monoisotopic (exact) mass is 376 g/mol. The Bertz CT molecular complexity index is 507. The molecular weight excluding hydrogens is 347 g/mol. The Hall–Kier alpha value is -0.940. The van der Waals surface area contributed by atoms with E-state index in [2.05, 4.69) is 42.8 Å². The number of benzene rings is 1. The summed E-state index contributed by atoms with van der Waals surface area (Å²) in [4.78, 5) is 2.50. The molecule has 1 N–H and O–H groups in total. The third-order valence-corrected chi connectivity index (χ3v) is 4.16. The molecule has 1 heterocycles. The Morgan fingerprint density at radius 3 is 2.08 bits per heavy atom. The van der Waals surface area contributed by atoms with Crippen molar-refractivity contribution in [2.24, 2.45) is 0 Å². The van der Waals surface area contributed by atoms with Crippen LogP contribution in [0.25, 0.3) is 0 Å². The fourth-order valence-corrected chi connectivity index (χ4v) is 3.14. The van der Waals surface area contributed by atoms with Crippen molar-refractivity contribution in [3.05, 3.63) is 35.4 Å². The molecule has 1 aliphatic rings.